The Morgan fingerprint density at radius 3 is 2.78 bits per heavy atom. The van der Waals surface area contributed by atoms with Crippen molar-refractivity contribution in [2.75, 3.05) is 6.54 Å². The Hall–Kier alpha value is -1.69. The van der Waals surface area contributed by atoms with Gasteiger partial charge in [-0.25, -0.2) is 4.98 Å². The molecule has 1 unspecified atom stereocenters. The molecule has 0 aliphatic carbocycles. The van der Waals surface area contributed by atoms with Crippen LogP contribution in [-0.4, -0.2) is 31.1 Å². The maximum atomic E-state index is 5.86. The SMILES string of the molecule is CC(C)C(CN)c1cncn1CCn1ccnn1. The van der Waals surface area contributed by atoms with Gasteiger partial charge < -0.3 is 10.3 Å². The number of imidazole rings is 1. The zero-order chi connectivity index (χ0) is 13.0. The van der Waals surface area contributed by atoms with Crippen LogP contribution in [0.1, 0.15) is 25.5 Å². The van der Waals surface area contributed by atoms with E-state index in [0.29, 0.717) is 18.4 Å². The van der Waals surface area contributed by atoms with Gasteiger partial charge in [0.1, 0.15) is 0 Å². The summed E-state index contributed by atoms with van der Waals surface area (Å²) in [5.74, 6) is 0.861. The number of hydrogen-bond donors (Lipinski definition) is 1. The van der Waals surface area contributed by atoms with E-state index in [4.69, 9.17) is 5.73 Å². The van der Waals surface area contributed by atoms with Gasteiger partial charge in [-0.15, -0.1) is 5.10 Å². The molecule has 0 spiro atoms. The summed E-state index contributed by atoms with van der Waals surface area (Å²) in [5, 5.41) is 7.75. The Labute approximate surface area is 107 Å². The minimum Gasteiger partial charge on any atom is -0.332 e. The van der Waals surface area contributed by atoms with E-state index >= 15 is 0 Å². The van der Waals surface area contributed by atoms with Crippen molar-refractivity contribution < 1.29 is 0 Å². The summed E-state index contributed by atoms with van der Waals surface area (Å²) >= 11 is 0. The summed E-state index contributed by atoms with van der Waals surface area (Å²) in [7, 11) is 0. The Kier molecular flexibility index (Phi) is 4.09. The Morgan fingerprint density at radius 2 is 2.17 bits per heavy atom. The van der Waals surface area contributed by atoms with Gasteiger partial charge in [0, 0.05) is 37.1 Å². The lowest BCUT2D eigenvalue weighted by Gasteiger charge is -2.20. The quantitative estimate of drug-likeness (QED) is 0.823. The van der Waals surface area contributed by atoms with Gasteiger partial charge in [0.25, 0.3) is 0 Å². The molecule has 6 nitrogen and oxygen atoms in total. The number of rotatable bonds is 6. The van der Waals surface area contributed by atoms with Crippen molar-refractivity contribution >= 4 is 0 Å². The number of nitrogens with zero attached hydrogens (tertiary/aromatic N) is 5. The van der Waals surface area contributed by atoms with E-state index in [-0.39, 0.29) is 0 Å². The van der Waals surface area contributed by atoms with Crippen LogP contribution in [0.2, 0.25) is 0 Å². The zero-order valence-electron chi connectivity index (χ0n) is 10.9. The van der Waals surface area contributed by atoms with Gasteiger partial charge in [0.05, 0.1) is 19.1 Å². The Bertz CT molecular complexity index is 459. The van der Waals surface area contributed by atoms with Crippen molar-refractivity contribution in [1.29, 1.82) is 0 Å². The van der Waals surface area contributed by atoms with Crippen LogP contribution in [0, 0.1) is 5.92 Å². The van der Waals surface area contributed by atoms with Crippen LogP contribution < -0.4 is 5.73 Å². The second kappa shape index (κ2) is 5.77. The monoisotopic (exact) mass is 248 g/mol. The van der Waals surface area contributed by atoms with Crippen LogP contribution in [0.5, 0.6) is 0 Å². The molecule has 0 radical (unpaired) electrons. The van der Waals surface area contributed by atoms with Gasteiger partial charge in [-0.1, -0.05) is 19.1 Å². The summed E-state index contributed by atoms with van der Waals surface area (Å²) in [4.78, 5) is 4.24. The molecule has 1 atom stereocenters. The van der Waals surface area contributed by atoms with Crippen molar-refractivity contribution in [2.24, 2.45) is 11.7 Å². The Balaban J connectivity index is 2.07. The molecule has 0 aliphatic rings. The van der Waals surface area contributed by atoms with E-state index in [1.807, 2.05) is 23.4 Å². The fraction of sp³-hybridized carbons (Fsp3) is 0.583. The van der Waals surface area contributed by atoms with E-state index in [1.54, 1.807) is 6.20 Å². The highest BCUT2D eigenvalue weighted by atomic mass is 15.4. The molecule has 0 fully saturated rings. The van der Waals surface area contributed by atoms with Crippen LogP contribution in [0.25, 0.3) is 0 Å². The van der Waals surface area contributed by atoms with Crippen LogP contribution in [-0.2, 0) is 13.1 Å². The molecule has 18 heavy (non-hydrogen) atoms. The first-order chi connectivity index (χ1) is 8.72. The van der Waals surface area contributed by atoms with Crippen LogP contribution >= 0.6 is 0 Å². The molecule has 0 saturated heterocycles. The average molecular weight is 248 g/mol. The first kappa shape index (κ1) is 12.8. The topological polar surface area (TPSA) is 74.5 Å². The summed E-state index contributed by atoms with van der Waals surface area (Å²) in [6.45, 7) is 6.64. The highest BCUT2D eigenvalue weighted by Crippen LogP contribution is 2.22. The van der Waals surface area contributed by atoms with E-state index < -0.39 is 0 Å². The molecular formula is C12H20N6. The molecule has 0 saturated carbocycles. The molecular weight excluding hydrogens is 228 g/mol. The first-order valence-electron chi connectivity index (χ1n) is 6.26. The van der Waals surface area contributed by atoms with Crippen molar-refractivity contribution in [1.82, 2.24) is 24.5 Å². The predicted molar refractivity (Wildman–Crippen MR) is 68.9 cm³/mol. The van der Waals surface area contributed by atoms with Crippen molar-refractivity contribution in [3.63, 3.8) is 0 Å². The summed E-state index contributed by atoms with van der Waals surface area (Å²) in [6, 6.07) is 0. The van der Waals surface area contributed by atoms with Crippen molar-refractivity contribution in [3.05, 3.63) is 30.6 Å². The third kappa shape index (κ3) is 2.76. The van der Waals surface area contributed by atoms with Crippen LogP contribution in [0.4, 0.5) is 0 Å². The van der Waals surface area contributed by atoms with Crippen molar-refractivity contribution in [2.45, 2.75) is 32.9 Å². The normalized spacial score (nSPS) is 13.1. The molecule has 2 heterocycles. The number of nitrogens with two attached hydrogens (primary N) is 1. The van der Waals surface area contributed by atoms with E-state index in [9.17, 15) is 0 Å². The van der Waals surface area contributed by atoms with Gasteiger partial charge >= 0.3 is 0 Å². The molecule has 6 heteroatoms. The van der Waals surface area contributed by atoms with Gasteiger partial charge in [-0.2, -0.15) is 0 Å². The molecule has 0 bridgehead atoms. The third-order valence-corrected chi connectivity index (χ3v) is 3.23. The van der Waals surface area contributed by atoms with Gasteiger partial charge in [0.2, 0.25) is 0 Å². The molecule has 0 aromatic carbocycles. The zero-order valence-corrected chi connectivity index (χ0v) is 10.9. The molecule has 2 rings (SSSR count). The second-order valence-electron chi connectivity index (χ2n) is 4.76. The highest BCUT2D eigenvalue weighted by molar-refractivity contribution is 5.08. The smallest absolute Gasteiger partial charge is 0.0948 e. The molecule has 0 amide bonds. The lowest BCUT2D eigenvalue weighted by molar-refractivity contribution is 0.451. The maximum Gasteiger partial charge on any atom is 0.0948 e. The average Bonchev–Trinajstić information content (AvgIpc) is 2.97. The van der Waals surface area contributed by atoms with Crippen molar-refractivity contribution in [3.8, 4) is 0 Å². The highest BCUT2D eigenvalue weighted by Gasteiger charge is 2.17. The van der Waals surface area contributed by atoms with E-state index in [0.717, 1.165) is 13.1 Å². The van der Waals surface area contributed by atoms with Gasteiger partial charge in [0.15, 0.2) is 0 Å². The van der Waals surface area contributed by atoms with Gasteiger partial charge in [-0.3, -0.25) is 4.68 Å². The lowest BCUT2D eigenvalue weighted by atomic mass is 9.93. The van der Waals surface area contributed by atoms with E-state index in [2.05, 4.69) is 33.7 Å². The van der Waals surface area contributed by atoms with E-state index in [1.165, 1.54) is 5.69 Å². The maximum absolute atomic E-state index is 5.86. The third-order valence-electron chi connectivity index (χ3n) is 3.23. The molecule has 2 aromatic heterocycles. The fourth-order valence-corrected chi connectivity index (χ4v) is 2.12. The predicted octanol–water partition coefficient (Wildman–Crippen LogP) is 0.873. The second-order valence-corrected chi connectivity index (χ2v) is 4.76. The van der Waals surface area contributed by atoms with Crippen LogP contribution in [0.3, 0.4) is 0 Å². The number of hydrogen-bond acceptors (Lipinski definition) is 4. The molecule has 2 N–H and O–H groups in total. The Morgan fingerprint density at radius 1 is 1.33 bits per heavy atom. The standard InChI is InChI=1S/C12H20N6/c1-10(2)11(7-13)12-8-14-9-17(12)5-6-18-4-3-15-16-18/h3-4,8-11H,5-7,13H2,1-2H3. The summed E-state index contributed by atoms with van der Waals surface area (Å²) in [6.07, 6.45) is 7.32. The lowest BCUT2D eigenvalue weighted by Crippen LogP contribution is -2.21. The largest absolute Gasteiger partial charge is 0.332 e. The number of aromatic nitrogens is 5. The minimum atomic E-state index is 0.350. The minimum absolute atomic E-state index is 0.350. The van der Waals surface area contributed by atoms with Crippen LogP contribution in [0.15, 0.2) is 24.9 Å². The first-order valence-corrected chi connectivity index (χ1v) is 6.26. The summed E-state index contributed by atoms with van der Waals surface area (Å²) < 4.78 is 3.97. The molecule has 2 aromatic rings. The fourth-order valence-electron chi connectivity index (χ4n) is 2.12. The number of aryl methyl sites for hydroxylation is 2. The van der Waals surface area contributed by atoms with Gasteiger partial charge in [-0.05, 0) is 5.92 Å². The summed E-state index contributed by atoms with van der Waals surface area (Å²) in [5.41, 5.74) is 7.06. The molecule has 98 valence electrons. The molecule has 0 aliphatic heterocycles.